The number of nitrogens with zero attached hydrogens (tertiary/aromatic N) is 2. The van der Waals surface area contributed by atoms with E-state index in [0.717, 1.165) is 29.1 Å². The van der Waals surface area contributed by atoms with Crippen LogP contribution in [-0.4, -0.2) is 71.7 Å². The number of hydrogen-bond acceptors (Lipinski definition) is 10. The number of carbonyl (C=O) groups excluding carboxylic acids is 3. The van der Waals surface area contributed by atoms with Gasteiger partial charge in [0.25, 0.3) is 10.0 Å². The molecule has 3 aliphatic rings. The zero-order valence-corrected chi connectivity index (χ0v) is 29.4. The number of benzene rings is 2. The first-order valence-corrected chi connectivity index (χ1v) is 20.3. The molecule has 11 nitrogen and oxygen atoms in total. The second-order valence-corrected chi connectivity index (χ2v) is 19.4. The van der Waals surface area contributed by atoms with Crippen LogP contribution in [0.3, 0.4) is 0 Å². The highest BCUT2D eigenvalue weighted by Crippen LogP contribution is 2.53. The fraction of sp³-hybridized carbons (Fsp3) is 0.469. The maximum atomic E-state index is 14.0. The monoisotopic (exact) mass is 688 g/mol. The summed E-state index contributed by atoms with van der Waals surface area (Å²) >= 11 is 1.18. The van der Waals surface area contributed by atoms with E-state index in [1.807, 2.05) is 18.2 Å². The Balaban J connectivity index is 1.47. The van der Waals surface area contributed by atoms with Crippen LogP contribution in [0.15, 0.2) is 58.5 Å². The molecule has 1 fully saturated rings. The number of hydrogen-bond donors (Lipinski definition) is 0. The van der Waals surface area contributed by atoms with E-state index in [0.29, 0.717) is 29.0 Å². The van der Waals surface area contributed by atoms with Crippen LogP contribution >= 0.6 is 11.8 Å². The molecule has 2 aromatic rings. The molecule has 0 bridgehead atoms. The normalized spacial score (nSPS) is 20.5. The Hall–Kier alpha value is -3.17. The largest absolute Gasteiger partial charge is 0.457 e. The highest BCUT2D eigenvalue weighted by atomic mass is 32.2. The van der Waals surface area contributed by atoms with Gasteiger partial charge in [0, 0.05) is 16.9 Å². The third kappa shape index (κ3) is 5.67. The fourth-order valence-electron chi connectivity index (χ4n) is 6.52. The quantitative estimate of drug-likeness (QED) is 0.0621. The first kappa shape index (κ1) is 34.2. The third-order valence-corrected chi connectivity index (χ3v) is 17.2. The maximum Gasteiger partial charge on any atom is 0.356 e. The summed E-state index contributed by atoms with van der Waals surface area (Å²) < 4.78 is 41.2. The van der Waals surface area contributed by atoms with Gasteiger partial charge in [-0.3, -0.25) is 18.9 Å². The molecule has 46 heavy (non-hydrogen) atoms. The fourth-order valence-corrected chi connectivity index (χ4v) is 12.5. The van der Waals surface area contributed by atoms with Gasteiger partial charge in [-0.05, 0) is 47.6 Å². The molecule has 0 aromatic heterocycles. The minimum atomic E-state index is -4.00. The molecule has 3 aliphatic heterocycles. The number of esters is 1. The molecule has 5 rings (SSSR count). The Morgan fingerprint density at radius 3 is 2.50 bits per heavy atom. The summed E-state index contributed by atoms with van der Waals surface area (Å²) in [4.78, 5) is 50.0. The molecule has 0 N–H and O–H groups in total. The highest BCUT2D eigenvalue weighted by molar-refractivity contribution is 8.04. The summed E-state index contributed by atoms with van der Waals surface area (Å²) in [5.41, 5.74) is 1.47. The Kier molecular flexibility index (Phi) is 10.0. The summed E-state index contributed by atoms with van der Waals surface area (Å²) in [6, 6.07) is 12.2. The van der Waals surface area contributed by atoms with E-state index in [4.69, 9.17) is 9.16 Å². The Labute approximate surface area is 275 Å². The van der Waals surface area contributed by atoms with E-state index >= 15 is 0 Å². The summed E-state index contributed by atoms with van der Waals surface area (Å²) in [7, 11) is -4.59. The van der Waals surface area contributed by atoms with E-state index in [1.54, 1.807) is 19.1 Å². The zero-order chi connectivity index (χ0) is 33.4. The molecule has 3 unspecified atom stereocenters. The van der Waals surface area contributed by atoms with Crippen molar-refractivity contribution >= 4 is 64.4 Å². The lowest BCUT2D eigenvalue weighted by Crippen LogP contribution is -2.60. The van der Waals surface area contributed by atoms with Crippen LogP contribution in [0.4, 0.5) is 5.69 Å². The molecule has 3 heterocycles. The minimum Gasteiger partial charge on any atom is -0.457 e. The van der Waals surface area contributed by atoms with Crippen molar-refractivity contribution < 1.29 is 41.7 Å². The van der Waals surface area contributed by atoms with E-state index in [1.165, 1.54) is 34.2 Å². The number of ether oxygens (including phenoxy) is 1. The van der Waals surface area contributed by atoms with Crippen molar-refractivity contribution in [2.24, 2.45) is 11.8 Å². The zero-order valence-electron chi connectivity index (χ0n) is 26.7. The molecule has 1 amide bonds. The number of thioether (sulfide) groups is 1. The molecule has 0 spiro atoms. The smallest absolute Gasteiger partial charge is 0.356 e. The van der Waals surface area contributed by atoms with E-state index in [9.17, 15) is 22.8 Å². The lowest BCUT2D eigenvalue weighted by molar-refractivity contribution is -0.260. The van der Waals surface area contributed by atoms with Gasteiger partial charge in [-0.2, -0.15) is 4.89 Å². The van der Waals surface area contributed by atoms with Gasteiger partial charge in [0.15, 0.2) is 8.32 Å². The molecule has 0 aliphatic carbocycles. The average Bonchev–Trinajstić information content (AvgIpc) is 3.49. The predicted molar refractivity (Wildman–Crippen MR) is 177 cm³/mol. The van der Waals surface area contributed by atoms with Gasteiger partial charge in [0.2, 0.25) is 5.91 Å². The minimum absolute atomic E-state index is 0.0306. The number of fused-ring (bicyclic) bond motifs is 1. The number of β-lactam (4-membered cyclic amide) rings is 1. The van der Waals surface area contributed by atoms with Crippen molar-refractivity contribution in [3.63, 3.8) is 0 Å². The first-order chi connectivity index (χ1) is 22.0. The number of anilines is 1. The summed E-state index contributed by atoms with van der Waals surface area (Å²) in [5.74, 6) is -3.61. The molecule has 0 radical (unpaired) electrons. The van der Waals surface area contributed by atoms with Gasteiger partial charge >= 0.3 is 11.9 Å². The van der Waals surface area contributed by atoms with Gasteiger partial charge < -0.3 is 9.16 Å². The van der Waals surface area contributed by atoms with Crippen LogP contribution in [0.25, 0.3) is 10.8 Å². The second kappa shape index (κ2) is 13.5. The molecule has 1 saturated heterocycles. The Morgan fingerprint density at radius 2 is 1.85 bits per heavy atom. The number of rotatable bonds is 15. The molecular weight excluding hydrogens is 649 g/mol. The Bertz CT molecular complexity index is 1700. The third-order valence-electron chi connectivity index (χ3n) is 9.36. The van der Waals surface area contributed by atoms with Gasteiger partial charge in [-0.15, -0.1) is 0 Å². The van der Waals surface area contributed by atoms with Crippen LogP contribution in [0.1, 0.15) is 33.3 Å². The molecule has 3 atom stereocenters. The lowest BCUT2D eigenvalue weighted by Gasteiger charge is -2.44. The first-order valence-electron chi connectivity index (χ1n) is 15.5. The van der Waals surface area contributed by atoms with Crippen molar-refractivity contribution in [3.05, 3.63) is 59.2 Å². The molecule has 14 heteroatoms. The van der Waals surface area contributed by atoms with Crippen molar-refractivity contribution in [2.45, 2.75) is 62.5 Å². The number of amides is 1. The summed E-state index contributed by atoms with van der Waals surface area (Å²) in [6.45, 7) is 12.0. The van der Waals surface area contributed by atoms with Gasteiger partial charge in [0.1, 0.15) is 12.3 Å². The van der Waals surface area contributed by atoms with Gasteiger partial charge in [-0.25, -0.2) is 18.0 Å². The second-order valence-electron chi connectivity index (χ2n) is 11.5. The van der Waals surface area contributed by atoms with Crippen LogP contribution in [-0.2, 0) is 49.8 Å². The van der Waals surface area contributed by atoms with Crippen molar-refractivity contribution in [1.29, 1.82) is 0 Å². The van der Waals surface area contributed by atoms with E-state index < -0.39 is 53.4 Å². The highest BCUT2D eigenvalue weighted by Gasteiger charge is 2.60. The molecular formula is C32H40N2O9S2Si. The van der Waals surface area contributed by atoms with Crippen molar-refractivity contribution in [3.8, 4) is 0 Å². The Morgan fingerprint density at radius 1 is 1.13 bits per heavy atom. The maximum absolute atomic E-state index is 14.0. The lowest BCUT2D eigenvalue weighted by atomic mass is 9.85. The van der Waals surface area contributed by atoms with Crippen LogP contribution in [0.5, 0.6) is 0 Å². The van der Waals surface area contributed by atoms with Gasteiger partial charge in [-0.1, -0.05) is 70.3 Å². The predicted octanol–water partition coefficient (Wildman–Crippen LogP) is 5.13. The number of sulfonamides is 1. The van der Waals surface area contributed by atoms with Crippen molar-refractivity contribution in [2.75, 3.05) is 31.2 Å². The molecule has 0 saturated carbocycles. The summed E-state index contributed by atoms with van der Waals surface area (Å²) in [6.07, 6.45) is 2.06. The summed E-state index contributed by atoms with van der Waals surface area (Å²) in [5, 5.41) is 0.843. The van der Waals surface area contributed by atoms with Crippen LogP contribution in [0.2, 0.25) is 18.1 Å². The average molecular weight is 689 g/mol. The van der Waals surface area contributed by atoms with Crippen molar-refractivity contribution in [1.82, 2.24) is 4.90 Å². The molecule has 2 aromatic carbocycles. The van der Waals surface area contributed by atoms with Gasteiger partial charge in [0.05, 0.1) is 41.4 Å². The van der Waals surface area contributed by atoms with Crippen LogP contribution in [0, 0.1) is 11.8 Å². The SMILES string of the molecule is C=CCOC(=O)C1=C(CN2c3cccc4c(CCO[Si](CC)(CC)CC)ccc(c34)S2(=O)=O)SC2C(C(C)C(=O)OOC)C(=O)N12. The topological polar surface area (TPSA) is 129 Å². The molecule has 248 valence electrons. The van der Waals surface area contributed by atoms with Crippen LogP contribution < -0.4 is 4.31 Å². The van der Waals surface area contributed by atoms with E-state index in [-0.39, 0.29) is 23.7 Å². The van der Waals surface area contributed by atoms with E-state index in [2.05, 4.69) is 37.1 Å². The standard InChI is InChI=1S/C32H40N2O9S2Si/c1-7-17-41-32(37)28-24(44-30-26(29(35)34(28)30)20(5)31(36)43-40-6)19-33-23-13-11-12-22-21(14-15-25(27(22)23)45(33,38)39)16-18-42-46(8-2,9-3)10-4/h7,11-15,20,26,30H,1,8-10,16-19H2,2-6H3. The number of carbonyl (C=O) groups is 3.